The molecule has 1 aliphatic carbocycles. The zero-order valence-corrected chi connectivity index (χ0v) is 15.5. The summed E-state index contributed by atoms with van der Waals surface area (Å²) < 4.78 is 12.4. The number of carbonyl (C=O) groups excluding carboxylic acids is 2. The molecule has 0 aliphatic heterocycles. The van der Waals surface area contributed by atoms with Crippen molar-refractivity contribution < 1.29 is 19.1 Å². The first-order valence-electron chi connectivity index (χ1n) is 8.82. The van der Waals surface area contributed by atoms with Crippen LogP contribution in [-0.4, -0.2) is 46.9 Å². The van der Waals surface area contributed by atoms with Gasteiger partial charge in [0.25, 0.3) is 5.91 Å². The summed E-state index contributed by atoms with van der Waals surface area (Å²) in [5.41, 5.74) is 7.10. The normalized spacial score (nSPS) is 18.6. The van der Waals surface area contributed by atoms with Crippen LogP contribution >= 0.6 is 0 Å². The van der Waals surface area contributed by atoms with Crippen molar-refractivity contribution in [1.82, 2.24) is 14.7 Å². The average Bonchev–Trinajstić information content (AvgIpc) is 3.02. The van der Waals surface area contributed by atoms with Crippen LogP contribution in [0.25, 0.3) is 0 Å². The summed E-state index contributed by atoms with van der Waals surface area (Å²) >= 11 is 0. The Hall–Kier alpha value is -2.87. The van der Waals surface area contributed by atoms with Gasteiger partial charge in [-0.25, -0.2) is 4.79 Å². The Morgan fingerprint density at radius 3 is 2.56 bits per heavy atom. The van der Waals surface area contributed by atoms with E-state index in [1.807, 2.05) is 30.3 Å². The van der Waals surface area contributed by atoms with Gasteiger partial charge in [0.15, 0.2) is 0 Å². The van der Waals surface area contributed by atoms with Crippen molar-refractivity contribution in [3.8, 4) is 0 Å². The third kappa shape index (κ3) is 4.65. The first-order valence-corrected chi connectivity index (χ1v) is 8.82. The van der Waals surface area contributed by atoms with Crippen molar-refractivity contribution in [3.05, 3.63) is 53.3 Å². The lowest BCUT2D eigenvalue weighted by Gasteiger charge is -2.36. The van der Waals surface area contributed by atoms with Crippen LogP contribution in [0.15, 0.2) is 36.4 Å². The van der Waals surface area contributed by atoms with Gasteiger partial charge >= 0.3 is 6.09 Å². The second-order valence-electron chi connectivity index (χ2n) is 6.82. The molecule has 2 N–H and O–H groups in total. The quantitative estimate of drug-likeness (QED) is 0.802. The molecule has 1 heterocycles. The van der Waals surface area contributed by atoms with E-state index in [4.69, 9.17) is 15.2 Å². The van der Waals surface area contributed by atoms with Gasteiger partial charge in [-0.05, 0) is 24.5 Å². The third-order valence-electron chi connectivity index (χ3n) is 4.52. The molecule has 0 bridgehead atoms. The number of rotatable bonds is 7. The highest BCUT2D eigenvalue weighted by Gasteiger charge is 2.35. The molecule has 0 unspecified atom stereocenters. The monoisotopic (exact) mass is 372 g/mol. The molecule has 0 spiro atoms. The molecule has 1 saturated carbocycles. The Bertz CT molecular complexity index is 797. The minimum absolute atomic E-state index is 0.0588. The second kappa shape index (κ2) is 8.22. The fraction of sp³-hybridized carbons (Fsp3) is 0.421. The second-order valence-corrected chi connectivity index (χ2v) is 6.82. The molecular formula is C19H24N4O4. The van der Waals surface area contributed by atoms with E-state index in [0.29, 0.717) is 18.0 Å². The van der Waals surface area contributed by atoms with Gasteiger partial charge < -0.3 is 20.1 Å². The first-order chi connectivity index (χ1) is 12.9. The van der Waals surface area contributed by atoms with Gasteiger partial charge in [-0.1, -0.05) is 30.3 Å². The number of nitrogens with two attached hydrogens (primary N) is 1. The molecule has 8 heteroatoms. The van der Waals surface area contributed by atoms with E-state index in [-0.39, 0.29) is 24.7 Å². The van der Waals surface area contributed by atoms with E-state index in [0.717, 1.165) is 18.4 Å². The molecule has 0 saturated heterocycles. The predicted molar refractivity (Wildman–Crippen MR) is 97.9 cm³/mol. The van der Waals surface area contributed by atoms with E-state index in [1.165, 1.54) is 4.90 Å². The van der Waals surface area contributed by atoms with Crippen molar-refractivity contribution in [2.75, 3.05) is 14.1 Å². The van der Waals surface area contributed by atoms with Crippen LogP contribution in [-0.2, 0) is 22.7 Å². The summed E-state index contributed by atoms with van der Waals surface area (Å²) in [5, 5.41) is 4.44. The van der Waals surface area contributed by atoms with Gasteiger partial charge in [0.2, 0.25) is 0 Å². The van der Waals surface area contributed by atoms with Crippen LogP contribution in [0.5, 0.6) is 0 Å². The topological polar surface area (TPSA) is 99.7 Å². The van der Waals surface area contributed by atoms with Gasteiger partial charge in [0, 0.05) is 14.1 Å². The molecule has 1 aromatic carbocycles. The predicted octanol–water partition coefficient (Wildman–Crippen LogP) is 2.10. The number of hydrogen-bond acceptors (Lipinski definition) is 5. The van der Waals surface area contributed by atoms with Gasteiger partial charge in [0.05, 0.1) is 18.8 Å². The highest BCUT2D eigenvalue weighted by Crippen LogP contribution is 2.36. The zero-order valence-electron chi connectivity index (χ0n) is 15.5. The smallest absolute Gasteiger partial charge is 0.404 e. The van der Waals surface area contributed by atoms with Gasteiger partial charge in [-0.3, -0.25) is 9.48 Å². The minimum atomic E-state index is -0.872. The van der Waals surface area contributed by atoms with Crippen molar-refractivity contribution in [1.29, 1.82) is 0 Å². The third-order valence-corrected chi connectivity index (χ3v) is 4.52. The lowest BCUT2D eigenvalue weighted by atomic mass is 9.89. The summed E-state index contributed by atoms with van der Waals surface area (Å²) in [6.45, 7) is 0.509. The molecule has 3 rings (SSSR count). The van der Waals surface area contributed by atoms with Crippen LogP contribution in [0.4, 0.5) is 4.79 Å². The minimum Gasteiger partial charge on any atom is -0.443 e. The number of benzene rings is 1. The molecule has 1 aromatic heterocycles. The Kier molecular flexibility index (Phi) is 5.75. The summed E-state index contributed by atoms with van der Waals surface area (Å²) in [7, 11) is 3.37. The first kappa shape index (κ1) is 18.9. The molecule has 8 nitrogen and oxygen atoms in total. The molecule has 2 amide bonds. The standard InChI is InChI=1S/C19H24N4O4/c1-22(2)18(24)17-8-14(12-27-19(20)25)21-23(17)15-9-16(10-15)26-11-13-6-4-3-5-7-13/h3-8,15-16H,9-12H2,1-2H3,(H2,20,25). The Balaban J connectivity index is 1.63. The van der Waals surface area contributed by atoms with E-state index in [2.05, 4.69) is 5.10 Å². The van der Waals surface area contributed by atoms with E-state index in [9.17, 15) is 9.59 Å². The fourth-order valence-electron chi connectivity index (χ4n) is 2.99. The van der Waals surface area contributed by atoms with Crippen molar-refractivity contribution in [3.63, 3.8) is 0 Å². The van der Waals surface area contributed by atoms with Crippen LogP contribution in [0, 0.1) is 0 Å². The van der Waals surface area contributed by atoms with Crippen LogP contribution < -0.4 is 5.73 Å². The highest BCUT2D eigenvalue weighted by atomic mass is 16.5. The lowest BCUT2D eigenvalue weighted by Crippen LogP contribution is -2.36. The van der Waals surface area contributed by atoms with Crippen molar-refractivity contribution in [2.45, 2.75) is 38.2 Å². The number of amides is 2. The average molecular weight is 372 g/mol. The Labute approximate surface area is 157 Å². The highest BCUT2D eigenvalue weighted by molar-refractivity contribution is 5.92. The number of ether oxygens (including phenoxy) is 2. The number of nitrogens with zero attached hydrogens (tertiary/aromatic N) is 3. The fourth-order valence-corrected chi connectivity index (χ4v) is 2.99. The SMILES string of the molecule is CN(C)C(=O)c1cc(COC(N)=O)nn1C1CC(OCc2ccccc2)C1. The number of carbonyl (C=O) groups is 2. The van der Waals surface area contributed by atoms with E-state index < -0.39 is 6.09 Å². The maximum Gasteiger partial charge on any atom is 0.404 e. The summed E-state index contributed by atoms with van der Waals surface area (Å²) in [5.74, 6) is -0.151. The van der Waals surface area contributed by atoms with Crippen LogP contribution in [0.2, 0.25) is 0 Å². The molecular weight excluding hydrogens is 348 g/mol. The zero-order chi connectivity index (χ0) is 19.4. The summed E-state index contributed by atoms with van der Waals surface area (Å²) in [6, 6.07) is 11.7. The van der Waals surface area contributed by atoms with Crippen LogP contribution in [0.1, 0.15) is 40.6 Å². The molecule has 1 fully saturated rings. The van der Waals surface area contributed by atoms with E-state index in [1.54, 1.807) is 24.8 Å². The number of hydrogen-bond donors (Lipinski definition) is 1. The van der Waals surface area contributed by atoms with E-state index >= 15 is 0 Å². The van der Waals surface area contributed by atoms with Crippen molar-refractivity contribution in [2.24, 2.45) is 5.73 Å². The Morgan fingerprint density at radius 1 is 1.22 bits per heavy atom. The molecule has 0 radical (unpaired) electrons. The van der Waals surface area contributed by atoms with Crippen LogP contribution in [0.3, 0.4) is 0 Å². The molecule has 0 atom stereocenters. The molecule has 144 valence electrons. The number of primary amides is 1. The maximum absolute atomic E-state index is 12.5. The lowest BCUT2D eigenvalue weighted by molar-refractivity contribution is -0.0390. The summed E-state index contributed by atoms with van der Waals surface area (Å²) in [6.07, 6.45) is 0.812. The van der Waals surface area contributed by atoms with Gasteiger partial charge in [-0.2, -0.15) is 5.10 Å². The maximum atomic E-state index is 12.5. The Morgan fingerprint density at radius 2 is 1.93 bits per heavy atom. The molecule has 2 aromatic rings. The molecule has 1 aliphatic rings. The largest absolute Gasteiger partial charge is 0.443 e. The summed E-state index contributed by atoms with van der Waals surface area (Å²) in [4.78, 5) is 24.8. The van der Waals surface area contributed by atoms with Gasteiger partial charge in [0.1, 0.15) is 18.0 Å². The molecule has 27 heavy (non-hydrogen) atoms. The number of aromatic nitrogens is 2. The van der Waals surface area contributed by atoms with Gasteiger partial charge in [-0.15, -0.1) is 0 Å². The van der Waals surface area contributed by atoms with Crippen molar-refractivity contribution >= 4 is 12.0 Å².